The summed E-state index contributed by atoms with van der Waals surface area (Å²) in [5, 5.41) is 22.0. The predicted octanol–water partition coefficient (Wildman–Crippen LogP) is 7.23. The lowest BCUT2D eigenvalue weighted by Crippen LogP contribution is -2.56. The predicted molar refractivity (Wildman–Crippen MR) is 267 cm³/mol. The van der Waals surface area contributed by atoms with Gasteiger partial charge < -0.3 is 36.6 Å². The lowest BCUT2D eigenvalue weighted by atomic mass is 9.87. The quantitative estimate of drug-likeness (QED) is 0.0272. The molecule has 8 amide bonds. The number of nitrogen functional groups attached to an aromatic ring is 1. The Morgan fingerprint density at radius 3 is 1.66 bits per heavy atom. The van der Waals surface area contributed by atoms with Crippen molar-refractivity contribution in [2.45, 2.75) is 49.9 Å². The number of ether oxygens (including phenoxy) is 1. The van der Waals surface area contributed by atoms with Crippen LogP contribution in [0.3, 0.4) is 0 Å². The van der Waals surface area contributed by atoms with Crippen LogP contribution < -0.4 is 31.7 Å². The van der Waals surface area contributed by atoms with Crippen LogP contribution in [0.15, 0.2) is 133 Å². The number of carbonyl (C=O) groups excluding carboxylic acids is 6. The van der Waals surface area contributed by atoms with Crippen molar-refractivity contribution in [2.24, 2.45) is 0 Å². The normalized spacial score (nSPS) is 16.0. The van der Waals surface area contributed by atoms with Crippen molar-refractivity contribution in [2.75, 3.05) is 37.2 Å². The Labute approximate surface area is 415 Å². The van der Waals surface area contributed by atoms with Crippen molar-refractivity contribution >= 4 is 64.0 Å². The minimum Gasteiger partial charge on any atom is -0.414 e. The Kier molecular flexibility index (Phi) is 17.5. The molecule has 0 atom stereocenters. The summed E-state index contributed by atoms with van der Waals surface area (Å²) >= 11 is 4.92. The molecule has 4 heterocycles. The number of rotatable bonds is 7. The van der Waals surface area contributed by atoms with Crippen LogP contribution in [0, 0.1) is 34.8 Å². The van der Waals surface area contributed by atoms with Crippen molar-refractivity contribution in [3.05, 3.63) is 166 Å². The van der Waals surface area contributed by atoms with Crippen LogP contribution in [0.2, 0.25) is 0 Å². The van der Waals surface area contributed by atoms with Gasteiger partial charge in [-0.3, -0.25) is 29.5 Å². The fraction of sp³-hybridized carbons (Fsp3) is 0.231. The molecule has 2 spiro atoms. The van der Waals surface area contributed by atoms with Gasteiger partial charge in [0.2, 0.25) is 0 Å². The molecule has 18 nitrogen and oxygen atoms in total. The van der Waals surface area contributed by atoms with E-state index in [9.17, 15) is 38.9 Å². The van der Waals surface area contributed by atoms with E-state index in [-0.39, 0.29) is 47.9 Å². The molecule has 364 valence electrons. The van der Waals surface area contributed by atoms with E-state index < -0.39 is 21.4 Å². The Bertz CT molecular complexity index is 2820. The third-order valence-corrected chi connectivity index (χ3v) is 11.9. The molecule has 19 heteroatoms. The molecule has 71 heavy (non-hydrogen) atoms. The molecule has 0 saturated carbocycles. The number of anilines is 2. The number of benzene rings is 5. The van der Waals surface area contributed by atoms with Crippen LogP contribution in [-0.2, 0) is 22.7 Å². The van der Waals surface area contributed by atoms with E-state index in [4.69, 9.17) is 30.2 Å². The zero-order valence-electron chi connectivity index (χ0n) is 38.3. The molecule has 0 aliphatic carbocycles. The molecule has 5 aromatic carbocycles. The van der Waals surface area contributed by atoms with Gasteiger partial charge in [0.25, 0.3) is 17.5 Å². The molecule has 0 bridgehead atoms. The van der Waals surface area contributed by atoms with Crippen LogP contribution >= 0.6 is 11.6 Å². The average Bonchev–Trinajstić information content (AvgIpc) is 3.73. The largest absolute Gasteiger partial charge is 0.414 e. The van der Waals surface area contributed by atoms with Gasteiger partial charge in [0.15, 0.2) is 0 Å². The van der Waals surface area contributed by atoms with Gasteiger partial charge in [-0.25, -0.2) is 19.2 Å². The number of non-ortho nitro benzene ring substituents is 1. The minimum atomic E-state index is -0.978. The highest BCUT2D eigenvalue weighted by Crippen LogP contribution is 2.31. The van der Waals surface area contributed by atoms with E-state index in [1.54, 1.807) is 41.3 Å². The van der Waals surface area contributed by atoms with E-state index in [0.29, 0.717) is 62.3 Å². The van der Waals surface area contributed by atoms with E-state index in [1.807, 2.05) is 72.8 Å². The van der Waals surface area contributed by atoms with Gasteiger partial charge in [0, 0.05) is 59.3 Å². The summed E-state index contributed by atoms with van der Waals surface area (Å²) in [5.74, 6) is 4.89. The Morgan fingerprint density at radius 2 is 1.20 bits per heavy atom. The van der Waals surface area contributed by atoms with Gasteiger partial charge in [-0.15, -0.1) is 12.8 Å². The minimum absolute atomic E-state index is 0.0747. The maximum atomic E-state index is 13.0. The van der Waals surface area contributed by atoms with Gasteiger partial charge >= 0.3 is 23.5 Å². The van der Waals surface area contributed by atoms with Gasteiger partial charge in [0.05, 0.1) is 18.0 Å². The number of carbonyl (C=O) groups is 6. The van der Waals surface area contributed by atoms with Crippen LogP contribution in [0.1, 0.15) is 47.9 Å². The van der Waals surface area contributed by atoms with E-state index >= 15 is 0 Å². The topological polar surface area (TPSA) is 239 Å². The number of likely N-dealkylation sites (tertiary alicyclic amines) is 1. The number of terminal acetylenes is 2. The summed E-state index contributed by atoms with van der Waals surface area (Å²) in [7, 11) is 0. The van der Waals surface area contributed by atoms with E-state index in [2.05, 4.69) is 37.8 Å². The highest BCUT2D eigenvalue weighted by Gasteiger charge is 2.53. The second-order valence-electron chi connectivity index (χ2n) is 16.5. The second kappa shape index (κ2) is 24.0. The van der Waals surface area contributed by atoms with Gasteiger partial charge in [-0.2, -0.15) is 0 Å². The zero-order valence-corrected chi connectivity index (χ0v) is 39.1. The molecule has 5 aromatic rings. The van der Waals surface area contributed by atoms with Crippen molar-refractivity contribution in [1.82, 2.24) is 30.7 Å². The first-order chi connectivity index (χ1) is 34.1. The van der Waals surface area contributed by atoms with Crippen molar-refractivity contribution in [1.29, 1.82) is 0 Å². The molecule has 9 rings (SSSR count). The number of imide groups is 2. The standard InChI is InChI=1S/C23H22N4O3.C14H17N3O2.C8H7N.C7H4ClNO4/c1-2-17-9-6-10-19(15-17)24-21(29)26-13-11-23(12-14-26)20(28)27(22(30)25-23)16-18-7-4-3-5-8-18;18-12-14(6-8-15-9-7-14)16-13(19)17(12)10-11-4-2-1-3-5-11;1-2-7-4-3-5-8(9)6-7;8-7(10)13-6-3-1-5(2-4-6)9(11)12/h1,3-10,15H,11-14,16H2,(H,24,29)(H,25,30);1-5,15H,6-10H2,(H,16,19);1,3-6H,9H2;1-4H. The molecule has 0 radical (unpaired) electrons. The molecule has 4 saturated heterocycles. The highest BCUT2D eigenvalue weighted by atomic mass is 35.5. The number of amides is 8. The second-order valence-corrected chi connectivity index (χ2v) is 16.8. The molecule has 4 aliphatic rings. The summed E-state index contributed by atoms with van der Waals surface area (Å²) in [6.07, 6.45) is 12.6. The first-order valence-corrected chi connectivity index (χ1v) is 22.7. The average molecular weight is 980 g/mol. The maximum absolute atomic E-state index is 13.0. The fourth-order valence-corrected chi connectivity index (χ4v) is 8.13. The van der Waals surface area contributed by atoms with Crippen LogP contribution in [0.4, 0.5) is 36.2 Å². The van der Waals surface area contributed by atoms with Crippen molar-refractivity contribution in [3.8, 4) is 30.4 Å². The first-order valence-electron chi connectivity index (χ1n) is 22.3. The van der Waals surface area contributed by atoms with Gasteiger partial charge in [0.1, 0.15) is 16.8 Å². The number of hydrogen-bond acceptors (Lipinski definition) is 11. The number of urea groups is 3. The van der Waals surface area contributed by atoms with Crippen LogP contribution in [0.5, 0.6) is 5.75 Å². The smallest absolute Gasteiger partial charge is 0.409 e. The fourth-order valence-electron chi connectivity index (χ4n) is 8.04. The molecule has 4 fully saturated rings. The number of halogens is 1. The molecular weight excluding hydrogens is 930 g/mol. The number of nitrogens with zero attached hydrogens (tertiary/aromatic N) is 4. The maximum Gasteiger partial charge on any atom is 0.409 e. The third kappa shape index (κ3) is 13.7. The number of piperidine rings is 2. The van der Waals surface area contributed by atoms with E-state index in [1.165, 1.54) is 34.1 Å². The summed E-state index contributed by atoms with van der Waals surface area (Å²) in [6, 6.07) is 37.4. The van der Waals surface area contributed by atoms with Gasteiger partial charge in [-0.1, -0.05) is 84.6 Å². The lowest BCUT2D eigenvalue weighted by molar-refractivity contribution is -0.384. The summed E-state index contributed by atoms with van der Waals surface area (Å²) in [4.78, 5) is 86.8. The third-order valence-electron chi connectivity index (χ3n) is 11.8. The van der Waals surface area contributed by atoms with Crippen molar-refractivity contribution in [3.63, 3.8) is 0 Å². The first kappa shape index (κ1) is 51.7. The van der Waals surface area contributed by atoms with Crippen LogP contribution in [0.25, 0.3) is 0 Å². The number of nitrogens with two attached hydrogens (primary N) is 1. The van der Waals surface area contributed by atoms with E-state index in [0.717, 1.165) is 29.8 Å². The lowest BCUT2D eigenvalue weighted by Gasteiger charge is -2.37. The number of hydrogen-bond donors (Lipinski definition) is 5. The summed E-state index contributed by atoms with van der Waals surface area (Å²) in [6.45, 7) is 2.86. The highest BCUT2D eigenvalue weighted by molar-refractivity contribution is 6.61. The summed E-state index contributed by atoms with van der Waals surface area (Å²) in [5.41, 5.74) is 7.49. The molecule has 0 aromatic heterocycles. The Balaban J connectivity index is 0.000000171. The number of nitro groups is 1. The SMILES string of the molecule is C#Cc1cccc(N)c1.C#Cc1cccc(NC(=O)N2CCC3(CC2)NC(=O)N(Cc2ccccc2)C3=O)c1.O=C(Cl)Oc1ccc([N+](=O)[O-])cc1.O=C1NC2(CCNCC2)C(=O)N1Cc1ccccc1. The zero-order chi connectivity index (χ0) is 51.0. The molecule has 6 N–H and O–H groups in total. The van der Waals surface area contributed by atoms with Crippen LogP contribution in [-0.4, -0.2) is 92.2 Å². The number of nitrogens with one attached hydrogen (secondary N) is 4. The molecule has 4 aliphatic heterocycles. The Morgan fingerprint density at radius 1 is 0.704 bits per heavy atom. The monoisotopic (exact) mass is 979 g/mol. The number of nitro benzene ring substituents is 1. The van der Waals surface area contributed by atoms with Crippen molar-refractivity contribution < 1.29 is 38.4 Å². The molecule has 0 unspecified atom stereocenters. The summed E-state index contributed by atoms with van der Waals surface area (Å²) < 4.78 is 4.45. The molecular formula is C52H50ClN9O9. The Hall–Kier alpha value is -8.71. The van der Waals surface area contributed by atoms with Gasteiger partial charge in [-0.05, 0) is 98.4 Å².